The summed E-state index contributed by atoms with van der Waals surface area (Å²) in [6.07, 6.45) is 0. The third-order valence-electron chi connectivity index (χ3n) is 8.87. The van der Waals surface area contributed by atoms with Crippen molar-refractivity contribution in [2.45, 2.75) is 31.6 Å². The van der Waals surface area contributed by atoms with Crippen LogP contribution in [0.4, 0.5) is 11.4 Å². The lowest BCUT2D eigenvalue weighted by Crippen LogP contribution is -2.17. The van der Waals surface area contributed by atoms with Gasteiger partial charge in [0.1, 0.15) is 15.2 Å². The zero-order chi connectivity index (χ0) is 29.6. The van der Waals surface area contributed by atoms with Crippen LogP contribution >= 0.6 is 11.3 Å². The van der Waals surface area contributed by atoms with Crippen LogP contribution in [0, 0.1) is 31.6 Å². The molecule has 7 rings (SSSR count). The predicted octanol–water partition coefficient (Wildman–Crippen LogP) is 9.01. The summed E-state index contributed by atoms with van der Waals surface area (Å²) in [5.41, 5.74) is 6.50. The summed E-state index contributed by atoms with van der Waals surface area (Å²) < 4.78 is 0. The van der Waals surface area contributed by atoms with Crippen molar-refractivity contribution in [3.63, 3.8) is 0 Å². The molecule has 5 aromatic rings. The minimum Gasteiger partial charge on any atom is -0.258 e. The van der Waals surface area contributed by atoms with E-state index in [1.165, 1.54) is 5.56 Å². The second-order valence-corrected chi connectivity index (χ2v) is 12.5. The molecule has 1 aromatic heterocycles. The Labute approximate surface area is 245 Å². The average molecular weight is 570 g/mol. The van der Waals surface area contributed by atoms with Gasteiger partial charge >= 0.3 is 11.4 Å². The van der Waals surface area contributed by atoms with Crippen LogP contribution in [-0.2, 0) is 10.8 Å². The highest BCUT2D eigenvalue weighted by Crippen LogP contribution is 2.56. The van der Waals surface area contributed by atoms with Crippen LogP contribution in [0.5, 0.6) is 0 Å². The van der Waals surface area contributed by atoms with E-state index in [0.717, 1.165) is 50.3 Å². The Balaban J connectivity index is 1.44. The standard InChI is InChI=1S/C34H23N3O4S/c1-33(2)25-10-6-4-8-21(25)23-14-12-19(16-27(23)33)31-29(36(38)39)30(37(40)41)32(42-31)20-13-15-24-22-9-5-7-11-26(22)34(3,18-35)28(24)17-20/h4-17H,1-3H3. The van der Waals surface area contributed by atoms with Gasteiger partial charge in [0.05, 0.1) is 15.9 Å². The number of nitrogens with zero attached hydrogens (tertiary/aromatic N) is 3. The molecule has 1 atom stereocenters. The summed E-state index contributed by atoms with van der Waals surface area (Å²) in [7, 11) is 0. The molecule has 7 nitrogen and oxygen atoms in total. The molecule has 0 fully saturated rings. The molecule has 4 aromatic carbocycles. The molecule has 0 aliphatic heterocycles. The smallest absolute Gasteiger partial charge is 0.258 e. The first-order valence-corrected chi connectivity index (χ1v) is 14.3. The van der Waals surface area contributed by atoms with E-state index in [2.05, 4.69) is 32.0 Å². The van der Waals surface area contributed by atoms with Gasteiger partial charge in [-0.25, -0.2) is 0 Å². The van der Waals surface area contributed by atoms with Crippen LogP contribution in [0.3, 0.4) is 0 Å². The van der Waals surface area contributed by atoms with Gasteiger partial charge in [-0.3, -0.25) is 20.2 Å². The molecule has 1 unspecified atom stereocenters. The van der Waals surface area contributed by atoms with Crippen LogP contribution in [0.25, 0.3) is 43.1 Å². The maximum Gasteiger partial charge on any atom is 0.365 e. The van der Waals surface area contributed by atoms with Gasteiger partial charge in [-0.1, -0.05) is 86.6 Å². The maximum absolute atomic E-state index is 12.5. The predicted molar refractivity (Wildman–Crippen MR) is 164 cm³/mol. The number of thiophene rings is 1. The van der Waals surface area contributed by atoms with Gasteiger partial charge in [-0.05, 0) is 74.7 Å². The Morgan fingerprint density at radius 1 is 0.643 bits per heavy atom. The van der Waals surface area contributed by atoms with E-state index in [0.29, 0.717) is 11.1 Å². The molecule has 204 valence electrons. The average Bonchev–Trinajstić information content (AvgIpc) is 3.59. The number of fused-ring (bicyclic) bond motifs is 6. The molecule has 0 bridgehead atoms. The Morgan fingerprint density at radius 3 is 1.64 bits per heavy atom. The lowest BCUT2D eigenvalue weighted by atomic mass is 9.81. The molecule has 0 radical (unpaired) electrons. The fourth-order valence-electron chi connectivity index (χ4n) is 6.74. The van der Waals surface area contributed by atoms with Crippen LogP contribution in [0.15, 0.2) is 84.9 Å². The molecule has 0 N–H and O–H groups in total. The van der Waals surface area contributed by atoms with E-state index in [1.807, 2.05) is 67.6 Å². The zero-order valence-corrected chi connectivity index (χ0v) is 23.8. The summed E-state index contributed by atoms with van der Waals surface area (Å²) in [6.45, 7) is 6.07. The Kier molecular flexibility index (Phi) is 5.34. The molecular weight excluding hydrogens is 546 g/mol. The molecule has 42 heavy (non-hydrogen) atoms. The number of benzene rings is 4. The van der Waals surface area contributed by atoms with Gasteiger partial charge in [-0.15, -0.1) is 11.3 Å². The zero-order valence-electron chi connectivity index (χ0n) is 23.0. The van der Waals surface area contributed by atoms with Crippen LogP contribution in [-0.4, -0.2) is 9.85 Å². The summed E-state index contributed by atoms with van der Waals surface area (Å²) >= 11 is 1.05. The summed E-state index contributed by atoms with van der Waals surface area (Å²) in [6, 6.07) is 29.4. The second kappa shape index (κ2) is 8.68. The van der Waals surface area contributed by atoms with Gasteiger partial charge in [0.15, 0.2) is 0 Å². The monoisotopic (exact) mass is 569 g/mol. The third-order valence-corrected chi connectivity index (χ3v) is 10.1. The third kappa shape index (κ3) is 3.31. The van der Waals surface area contributed by atoms with Crippen molar-refractivity contribution in [2.75, 3.05) is 0 Å². The highest BCUT2D eigenvalue weighted by Gasteiger charge is 2.43. The molecule has 1 heterocycles. The Bertz CT molecular complexity index is 2070. The number of rotatable bonds is 4. The summed E-state index contributed by atoms with van der Waals surface area (Å²) in [5, 5.41) is 35.1. The summed E-state index contributed by atoms with van der Waals surface area (Å²) in [5.74, 6) is 0. The number of nitro groups is 2. The van der Waals surface area contributed by atoms with E-state index in [4.69, 9.17) is 0 Å². The quantitative estimate of drug-likeness (QED) is 0.158. The van der Waals surface area contributed by atoms with Crippen LogP contribution in [0.1, 0.15) is 43.0 Å². The fourth-order valence-corrected chi connectivity index (χ4v) is 7.97. The largest absolute Gasteiger partial charge is 0.365 e. The van der Waals surface area contributed by atoms with Crippen molar-refractivity contribution in [3.05, 3.63) is 127 Å². The van der Waals surface area contributed by atoms with E-state index >= 15 is 0 Å². The van der Waals surface area contributed by atoms with Gasteiger partial charge < -0.3 is 0 Å². The number of hydrogen-bond donors (Lipinski definition) is 0. The van der Waals surface area contributed by atoms with Crippen molar-refractivity contribution in [1.29, 1.82) is 5.26 Å². The minimum atomic E-state index is -0.955. The Hall–Kier alpha value is -5.13. The molecule has 0 saturated carbocycles. The van der Waals surface area contributed by atoms with Crippen molar-refractivity contribution in [2.24, 2.45) is 0 Å². The Morgan fingerprint density at radius 2 is 1.10 bits per heavy atom. The van der Waals surface area contributed by atoms with Crippen molar-refractivity contribution in [1.82, 2.24) is 0 Å². The summed E-state index contributed by atoms with van der Waals surface area (Å²) in [4.78, 5) is 24.0. The molecule has 0 saturated heterocycles. The lowest BCUT2D eigenvalue weighted by molar-refractivity contribution is -0.420. The van der Waals surface area contributed by atoms with Crippen LogP contribution in [0.2, 0.25) is 0 Å². The molecule has 0 spiro atoms. The number of hydrogen-bond acceptors (Lipinski definition) is 6. The fraction of sp³-hybridized carbons (Fsp3) is 0.147. The second-order valence-electron chi connectivity index (χ2n) is 11.4. The topological polar surface area (TPSA) is 110 Å². The first-order valence-electron chi connectivity index (χ1n) is 13.4. The van der Waals surface area contributed by atoms with Gasteiger partial charge in [-0.2, -0.15) is 5.26 Å². The first kappa shape index (κ1) is 25.8. The molecular formula is C34H23N3O4S. The molecule has 8 heteroatoms. The van der Waals surface area contributed by atoms with Gasteiger partial charge in [0, 0.05) is 5.41 Å². The SMILES string of the molecule is CC1(C)c2ccccc2-c2ccc(-c3sc(-c4ccc5c(c4)C(C)(C#N)c4ccccc4-5)c([N+](=O)[O-])c3[N+](=O)[O-])cc21. The molecule has 0 amide bonds. The lowest BCUT2D eigenvalue weighted by Gasteiger charge is -2.21. The van der Waals surface area contributed by atoms with Gasteiger partial charge in [0.25, 0.3) is 0 Å². The van der Waals surface area contributed by atoms with E-state index in [1.54, 1.807) is 12.1 Å². The van der Waals surface area contributed by atoms with E-state index in [9.17, 15) is 25.5 Å². The van der Waals surface area contributed by atoms with Crippen LogP contribution < -0.4 is 0 Å². The van der Waals surface area contributed by atoms with Crippen molar-refractivity contribution < 1.29 is 9.85 Å². The van der Waals surface area contributed by atoms with Gasteiger partial charge in [0.2, 0.25) is 0 Å². The highest BCUT2D eigenvalue weighted by atomic mass is 32.1. The van der Waals surface area contributed by atoms with Crippen molar-refractivity contribution in [3.8, 4) is 49.2 Å². The molecule has 2 aliphatic rings. The normalized spacial score (nSPS) is 17.1. The maximum atomic E-state index is 12.5. The minimum absolute atomic E-state index is 0.198. The van der Waals surface area contributed by atoms with E-state index in [-0.39, 0.29) is 15.2 Å². The first-order chi connectivity index (χ1) is 20.1. The van der Waals surface area contributed by atoms with E-state index < -0.39 is 26.6 Å². The number of nitriles is 1. The highest BCUT2D eigenvalue weighted by molar-refractivity contribution is 7.20. The van der Waals surface area contributed by atoms with Crippen molar-refractivity contribution >= 4 is 22.7 Å². The molecule has 2 aliphatic carbocycles.